The number of anilines is 1. The van der Waals surface area contributed by atoms with Crippen molar-refractivity contribution in [1.82, 2.24) is 0 Å². The van der Waals surface area contributed by atoms with Crippen LogP contribution in [0, 0.1) is 13.8 Å². The Morgan fingerprint density at radius 2 is 1.93 bits per heavy atom. The fraction of sp³-hybridized carbons (Fsp3) is 0.200. The van der Waals surface area contributed by atoms with E-state index in [0.29, 0.717) is 17.7 Å². The normalized spacial score (nSPS) is 9.57. The fourth-order valence-electron chi connectivity index (χ4n) is 1.20. The molecule has 0 aromatic heterocycles. The Kier molecular flexibility index (Phi) is 2.86. The average Bonchev–Trinajstić information content (AvgIpc) is 2.11. The van der Waals surface area contributed by atoms with E-state index in [4.69, 9.17) is 5.73 Å². The van der Waals surface area contributed by atoms with Gasteiger partial charge in [0.1, 0.15) is 0 Å². The highest BCUT2D eigenvalue weighted by Crippen LogP contribution is 2.19. The smallest absolute Gasteiger partial charge is 0.250 e. The van der Waals surface area contributed by atoms with Crippen molar-refractivity contribution < 1.29 is 9.59 Å². The summed E-state index contributed by atoms with van der Waals surface area (Å²) in [7, 11) is 0. The molecule has 0 saturated heterocycles. The van der Waals surface area contributed by atoms with Crippen LogP contribution in [0.25, 0.3) is 0 Å². The predicted octanol–water partition coefficient (Wildman–Crippen LogP) is 0.971. The SMILES string of the molecule is Cc1cc(NC=O)c(C(N)=O)cc1C. The number of nitrogens with one attached hydrogen (secondary N) is 1. The highest BCUT2D eigenvalue weighted by molar-refractivity contribution is 6.00. The van der Waals surface area contributed by atoms with E-state index in [-0.39, 0.29) is 0 Å². The molecular formula is C10H12N2O2. The molecule has 0 bridgehead atoms. The van der Waals surface area contributed by atoms with Crippen LogP contribution in [0.5, 0.6) is 0 Å². The van der Waals surface area contributed by atoms with Crippen molar-refractivity contribution in [3.8, 4) is 0 Å². The molecule has 0 unspecified atom stereocenters. The molecule has 74 valence electrons. The van der Waals surface area contributed by atoms with Gasteiger partial charge in [0.2, 0.25) is 6.41 Å². The number of amides is 2. The first kappa shape index (κ1) is 10.2. The van der Waals surface area contributed by atoms with Crippen molar-refractivity contribution in [3.05, 3.63) is 28.8 Å². The summed E-state index contributed by atoms with van der Waals surface area (Å²) >= 11 is 0. The van der Waals surface area contributed by atoms with Crippen LogP contribution in [0.2, 0.25) is 0 Å². The van der Waals surface area contributed by atoms with E-state index in [1.54, 1.807) is 12.1 Å². The molecule has 14 heavy (non-hydrogen) atoms. The number of carbonyl (C=O) groups excluding carboxylic acids is 2. The molecule has 0 saturated carbocycles. The van der Waals surface area contributed by atoms with Crippen LogP contribution in [-0.2, 0) is 4.79 Å². The van der Waals surface area contributed by atoms with Crippen LogP contribution in [-0.4, -0.2) is 12.3 Å². The minimum Gasteiger partial charge on any atom is -0.366 e. The van der Waals surface area contributed by atoms with E-state index in [2.05, 4.69) is 5.32 Å². The van der Waals surface area contributed by atoms with Gasteiger partial charge in [-0.1, -0.05) is 0 Å². The largest absolute Gasteiger partial charge is 0.366 e. The molecule has 4 heteroatoms. The van der Waals surface area contributed by atoms with Gasteiger partial charge < -0.3 is 11.1 Å². The van der Waals surface area contributed by atoms with Crippen LogP contribution in [0.15, 0.2) is 12.1 Å². The van der Waals surface area contributed by atoms with E-state index < -0.39 is 5.91 Å². The van der Waals surface area contributed by atoms with Gasteiger partial charge in [-0.05, 0) is 37.1 Å². The number of hydrogen-bond acceptors (Lipinski definition) is 2. The summed E-state index contributed by atoms with van der Waals surface area (Å²) in [6, 6.07) is 3.40. The third-order valence-electron chi connectivity index (χ3n) is 2.11. The van der Waals surface area contributed by atoms with Crippen molar-refractivity contribution in [2.75, 3.05) is 5.32 Å². The first-order valence-electron chi connectivity index (χ1n) is 4.17. The van der Waals surface area contributed by atoms with Gasteiger partial charge in [0.05, 0.1) is 11.3 Å². The summed E-state index contributed by atoms with van der Waals surface area (Å²) < 4.78 is 0. The molecule has 0 radical (unpaired) electrons. The van der Waals surface area contributed by atoms with Crippen LogP contribution in [0.4, 0.5) is 5.69 Å². The first-order chi connectivity index (χ1) is 6.56. The van der Waals surface area contributed by atoms with Crippen molar-refractivity contribution in [2.24, 2.45) is 5.73 Å². The summed E-state index contributed by atoms with van der Waals surface area (Å²) in [6.07, 6.45) is 0.524. The van der Waals surface area contributed by atoms with E-state index in [9.17, 15) is 9.59 Å². The Hall–Kier alpha value is -1.84. The number of benzene rings is 1. The van der Waals surface area contributed by atoms with E-state index in [1.165, 1.54) is 0 Å². The summed E-state index contributed by atoms with van der Waals surface area (Å²) in [5.41, 5.74) is 7.92. The third-order valence-corrected chi connectivity index (χ3v) is 2.11. The summed E-state index contributed by atoms with van der Waals surface area (Å²) in [4.78, 5) is 21.3. The zero-order chi connectivity index (χ0) is 10.7. The summed E-state index contributed by atoms with van der Waals surface area (Å²) in [5.74, 6) is -0.544. The Morgan fingerprint density at radius 3 is 2.43 bits per heavy atom. The van der Waals surface area contributed by atoms with Gasteiger partial charge in [0.15, 0.2) is 0 Å². The van der Waals surface area contributed by atoms with Crippen LogP contribution in [0.1, 0.15) is 21.5 Å². The molecule has 1 rings (SSSR count). The molecule has 0 aliphatic carbocycles. The number of nitrogens with two attached hydrogens (primary N) is 1. The zero-order valence-corrected chi connectivity index (χ0v) is 8.13. The Bertz CT molecular complexity index is 386. The molecule has 0 spiro atoms. The molecule has 1 aromatic rings. The average molecular weight is 192 g/mol. The second kappa shape index (κ2) is 3.91. The molecule has 4 nitrogen and oxygen atoms in total. The van der Waals surface area contributed by atoms with E-state index in [1.807, 2.05) is 13.8 Å². The van der Waals surface area contributed by atoms with Crippen molar-refractivity contribution in [3.63, 3.8) is 0 Å². The zero-order valence-electron chi connectivity index (χ0n) is 8.13. The van der Waals surface area contributed by atoms with Crippen LogP contribution < -0.4 is 11.1 Å². The Balaban J connectivity index is 3.30. The molecule has 0 fully saturated rings. The fourth-order valence-corrected chi connectivity index (χ4v) is 1.20. The van der Waals surface area contributed by atoms with E-state index >= 15 is 0 Å². The predicted molar refractivity (Wildman–Crippen MR) is 54.1 cm³/mol. The molecule has 3 N–H and O–H groups in total. The maximum atomic E-state index is 11.0. The van der Waals surface area contributed by atoms with Gasteiger partial charge in [-0.3, -0.25) is 9.59 Å². The molecule has 2 amide bonds. The summed E-state index contributed by atoms with van der Waals surface area (Å²) in [5, 5.41) is 2.44. The maximum Gasteiger partial charge on any atom is 0.250 e. The molecule has 0 aliphatic rings. The van der Waals surface area contributed by atoms with Crippen LogP contribution >= 0.6 is 0 Å². The molecule has 0 aliphatic heterocycles. The number of rotatable bonds is 3. The van der Waals surface area contributed by atoms with Gasteiger partial charge in [-0.25, -0.2) is 0 Å². The van der Waals surface area contributed by atoms with Gasteiger partial charge in [-0.15, -0.1) is 0 Å². The van der Waals surface area contributed by atoms with Crippen molar-refractivity contribution in [1.29, 1.82) is 0 Å². The highest BCUT2D eigenvalue weighted by atomic mass is 16.1. The quantitative estimate of drug-likeness (QED) is 0.700. The monoisotopic (exact) mass is 192 g/mol. The lowest BCUT2D eigenvalue weighted by atomic mass is 10.0. The molecule has 0 heterocycles. The number of aryl methyl sites for hydroxylation is 2. The number of carbonyl (C=O) groups is 2. The minimum atomic E-state index is -0.544. The second-order valence-electron chi connectivity index (χ2n) is 3.11. The standard InChI is InChI=1S/C10H12N2O2/c1-6-3-8(10(11)14)9(12-5-13)4-7(6)2/h3-5H,1-2H3,(H2,11,14)(H,12,13). The van der Waals surface area contributed by atoms with Gasteiger partial charge in [-0.2, -0.15) is 0 Å². The molecular weight excluding hydrogens is 180 g/mol. The van der Waals surface area contributed by atoms with Gasteiger partial charge in [0.25, 0.3) is 5.91 Å². The van der Waals surface area contributed by atoms with Crippen LogP contribution in [0.3, 0.4) is 0 Å². The third kappa shape index (κ3) is 1.90. The Labute approximate surface area is 82.1 Å². The van der Waals surface area contributed by atoms with Crippen molar-refractivity contribution >= 4 is 18.0 Å². The Morgan fingerprint density at radius 1 is 1.36 bits per heavy atom. The second-order valence-corrected chi connectivity index (χ2v) is 3.11. The topological polar surface area (TPSA) is 72.2 Å². The molecule has 1 aromatic carbocycles. The lowest BCUT2D eigenvalue weighted by Gasteiger charge is -2.08. The first-order valence-corrected chi connectivity index (χ1v) is 4.17. The maximum absolute atomic E-state index is 11.0. The lowest BCUT2D eigenvalue weighted by Crippen LogP contribution is -2.14. The summed E-state index contributed by atoms with van der Waals surface area (Å²) in [6.45, 7) is 3.78. The lowest BCUT2D eigenvalue weighted by molar-refractivity contribution is -0.105. The van der Waals surface area contributed by atoms with E-state index in [0.717, 1.165) is 11.1 Å². The number of primary amides is 1. The highest BCUT2D eigenvalue weighted by Gasteiger charge is 2.09. The number of hydrogen-bond donors (Lipinski definition) is 2. The minimum absolute atomic E-state index is 0.334. The van der Waals surface area contributed by atoms with Gasteiger partial charge >= 0.3 is 0 Å². The van der Waals surface area contributed by atoms with Crippen molar-refractivity contribution in [2.45, 2.75) is 13.8 Å². The van der Waals surface area contributed by atoms with Gasteiger partial charge in [0, 0.05) is 0 Å². The molecule has 0 atom stereocenters.